The predicted octanol–water partition coefficient (Wildman–Crippen LogP) is 10.6. The molecule has 3 aromatic carbocycles. The van der Waals surface area contributed by atoms with Crippen LogP contribution < -0.4 is 9.64 Å². The molecule has 0 aliphatic rings. The van der Waals surface area contributed by atoms with E-state index in [-0.39, 0.29) is 12.4 Å². The molecule has 0 unspecified atom stereocenters. The van der Waals surface area contributed by atoms with Crippen LogP contribution in [-0.2, 0) is 0 Å². The highest BCUT2D eigenvalue weighted by atomic mass is 19.2. The molecule has 0 heterocycles. The zero-order valence-corrected chi connectivity index (χ0v) is 25.8. The molecule has 3 nitrogen and oxygen atoms in total. The summed E-state index contributed by atoms with van der Waals surface area (Å²) in [5, 5.41) is 0. The molecule has 0 aliphatic carbocycles. The number of unbranched alkanes of at least 4 members (excludes halogenated alkanes) is 1. The van der Waals surface area contributed by atoms with Crippen LogP contribution in [0.3, 0.4) is 0 Å². The molecule has 0 amide bonds. The maximum absolute atomic E-state index is 13.6. The van der Waals surface area contributed by atoms with Gasteiger partial charge in [0.15, 0.2) is 17.5 Å². The number of hydrogen-bond acceptors (Lipinski definition) is 2. The summed E-state index contributed by atoms with van der Waals surface area (Å²) in [4.78, 5) is 7.40. The lowest BCUT2D eigenvalue weighted by molar-refractivity contribution is 0.301. The SMILES string of the molecule is CC(C)c1cccc(C(C)C)c1N=CN(CCCCOc1cc(F)c(F)c(F)c1)c1c(C(C)C)cccc1C(C)C. The summed E-state index contributed by atoms with van der Waals surface area (Å²) in [5.41, 5.74) is 7.17. The summed E-state index contributed by atoms with van der Waals surface area (Å²) in [5.74, 6) is -2.70. The lowest BCUT2D eigenvalue weighted by Gasteiger charge is -2.29. The van der Waals surface area contributed by atoms with Crippen LogP contribution in [0.25, 0.3) is 0 Å². The number of para-hydroxylation sites is 2. The highest BCUT2D eigenvalue weighted by Gasteiger charge is 2.20. The Hall–Kier alpha value is -3.28. The van der Waals surface area contributed by atoms with Gasteiger partial charge in [-0.3, -0.25) is 0 Å². The number of ether oxygens (including phenoxy) is 1. The summed E-state index contributed by atoms with van der Waals surface area (Å²) < 4.78 is 46.0. The number of aliphatic imine (C=N–C) groups is 1. The van der Waals surface area contributed by atoms with E-state index in [1.54, 1.807) is 0 Å². The summed E-state index contributed by atoms with van der Waals surface area (Å²) in [6, 6.07) is 14.7. The molecule has 0 fully saturated rings. The molecule has 0 spiro atoms. The van der Waals surface area contributed by atoms with Gasteiger partial charge in [-0.05, 0) is 58.8 Å². The van der Waals surface area contributed by atoms with E-state index < -0.39 is 17.5 Å². The fraction of sp³-hybridized carbons (Fsp3) is 0.457. The van der Waals surface area contributed by atoms with Gasteiger partial charge in [0.25, 0.3) is 0 Å². The van der Waals surface area contributed by atoms with Crippen molar-refractivity contribution < 1.29 is 17.9 Å². The fourth-order valence-electron chi connectivity index (χ4n) is 5.05. The molecule has 0 atom stereocenters. The Kier molecular flexibility index (Phi) is 11.5. The van der Waals surface area contributed by atoms with Crippen molar-refractivity contribution in [2.75, 3.05) is 18.1 Å². The van der Waals surface area contributed by atoms with Crippen LogP contribution in [0.5, 0.6) is 5.75 Å². The molecule has 0 saturated carbocycles. The number of rotatable bonds is 13. The first-order chi connectivity index (χ1) is 19.4. The van der Waals surface area contributed by atoms with E-state index in [2.05, 4.69) is 96.7 Å². The Morgan fingerprint density at radius 1 is 0.707 bits per heavy atom. The van der Waals surface area contributed by atoms with Crippen molar-refractivity contribution in [1.82, 2.24) is 0 Å². The zero-order valence-electron chi connectivity index (χ0n) is 25.8. The fourth-order valence-corrected chi connectivity index (χ4v) is 5.05. The number of anilines is 1. The minimum atomic E-state index is -1.49. The predicted molar refractivity (Wildman–Crippen MR) is 166 cm³/mol. The summed E-state index contributed by atoms with van der Waals surface area (Å²) in [7, 11) is 0. The number of halogens is 3. The first-order valence-corrected chi connectivity index (χ1v) is 14.8. The van der Waals surface area contributed by atoms with E-state index in [9.17, 15) is 13.2 Å². The van der Waals surface area contributed by atoms with Crippen LogP contribution in [-0.4, -0.2) is 19.5 Å². The lowest BCUT2D eigenvalue weighted by Crippen LogP contribution is -2.26. The van der Waals surface area contributed by atoms with Crippen LogP contribution >= 0.6 is 0 Å². The monoisotopic (exact) mass is 566 g/mol. The third-order valence-electron chi connectivity index (χ3n) is 7.32. The molecular formula is C35H45F3N2O. The van der Waals surface area contributed by atoms with Gasteiger partial charge < -0.3 is 9.64 Å². The van der Waals surface area contributed by atoms with E-state index in [0.29, 0.717) is 36.6 Å². The molecule has 0 N–H and O–H groups in total. The van der Waals surface area contributed by atoms with Gasteiger partial charge in [-0.2, -0.15) is 0 Å². The van der Waals surface area contributed by atoms with E-state index in [4.69, 9.17) is 9.73 Å². The van der Waals surface area contributed by atoms with Crippen molar-refractivity contribution in [3.05, 3.63) is 88.2 Å². The second-order valence-electron chi connectivity index (χ2n) is 11.9. The van der Waals surface area contributed by atoms with Crippen molar-refractivity contribution in [1.29, 1.82) is 0 Å². The quantitative estimate of drug-likeness (QED) is 0.0890. The Bertz CT molecular complexity index is 1260. The van der Waals surface area contributed by atoms with Gasteiger partial charge in [0.1, 0.15) is 5.75 Å². The molecule has 3 aromatic rings. The third kappa shape index (κ3) is 8.15. The highest BCUT2D eigenvalue weighted by Crippen LogP contribution is 2.37. The Morgan fingerprint density at radius 2 is 1.17 bits per heavy atom. The van der Waals surface area contributed by atoms with Gasteiger partial charge in [-0.1, -0.05) is 91.8 Å². The van der Waals surface area contributed by atoms with Crippen LogP contribution in [0.15, 0.2) is 53.5 Å². The summed E-state index contributed by atoms with van der Waals surface area (Å²) >= 11 is 0. The average molecular weight is 567 g/mol. The molecule has 0 aromatic heterocycles. The van der Waals surface area contributed by atoms with Gasteiger partial charge in [-0.15, -0.1) is 0 Å². The first-order valence-electron chi connectivity index (χ1n) is 14.8. The zero-order chi connectivity index (χ0) is 30.3. The first kappa shape index (κ1) is 32.2. The molecule has 0 aliphatic heterocycles. The Labute approximate surface area is 244 Å². The molecule has 41 heavy (non-hydrogen) atoms. The number of nitrogens with zero attached hydrogens (tertiary/aromatic N) is 2. The van der Waals surface area contributed by atoms with Crippen molar-refractivity contribution in [3.8, 4) is 5.75 Å². The van der Waals surface area contributed by atoms with E-state index in [0.717, 1.165) is 24.2 Å². The van der Waals surface area contributed by atoms with E-state index in [1.807, 2.05) is 6.34 Å². The van der Waals surface area contributed by atoms with Gasteiger partial charge in [-0.25, -0.2) is 18.2 Å². The normalized spacial score (nSPS) is 12.0. The van der Waals surface area contributed by atoms with Crippen LogP contribution in [0.2, 0.25) is 0 Å². The smallest absolute Gasteiger partial charge is 0.194 e. The second-order valence-corrected chi connectivity index (χ2v) is 11.9. The molecule has 0 saturated heterocycles. The number of hydrogen-bond donors (Lipinski definition) is 0. The summed E-state index contributed by atoms with van der Waals surface area (Å²) in [6.45, 7) is 18.5. The van der Waals surface area contributed by atoms with Crippen molar-refractivity contribution >= 4 is 17.7 Å². The maximum Gasteiger partial charge on any atom is 0.194 e. The third-order valence-corrected chi connectivity index (χ3v) is 7.32. The van der Waals surface area contributed by atoms with Crippen LogP contribution in [0.1, 0.15) is 114 Å². The topological polar surface area (TPSA) is 24.8 Å². The standard InChI is InChI=1S/C35H45F3N2O/c1-22(2)27-13-11-14-28(23(3)4)34(27)39-21-40(35-29(24(5)6)15-12-16-30(35)25(7)8)17-9-10-18-41-26-19-31(36)33(38)32(37)20-26/h11-16,19-25H,9-10,17-18H2,1-8H3. The van der Waals surface area contributed by atoms with Crippen molar-refractivity contribution in [2.24, 2.45) is 4.99 Å². The van der Waals surface area contributed by atoms with Crippen LogP contribution in [0, 0.1) is 17.5 Å². The highest BCUT2D eigenvalue weighted by molar-refractivity contribution is 5.85. The molecule has 222 valence electrons. The van der Waals surface area contributed by atoms with Crippen molar-refractivity contribution in [2.45, 2.75) is 91.9 Å². The van der Waals surface area contributed by atoms with E-state index in [1.165, 1.54) is 27.9 Å². The molecule has 6 heteroatoms. The second kappa shape index (κ2) is 14.6. The van der Waals surface area contributed by atoms with Crippen LogP contribution in [0.4, 0.5) is 24.5 Å². The Balaban J connectivity index is 1.94. The van der Waals surface area contributed by atoms with Gasteiger partial charge in [0.05, 0.1) is 18.6 Å². The van der Waals surface area contributed by atoms with Crippen molar-refractivity contribution in [3.63, 3.8) is 0 Å². The molecule has 0 bridgehead atoms. The Morgan fingerprint density at radius 3 is 1.63 bits per heavy atom. The lowest BCUT2D eigenvalue weighted by atomic mass is 9.92. The molecular weight excluding hydrogens is 521 g/mol. The van der Waals surface area contributed by atoms with Gasteiger partial charge in [0.2, 0.25) is 0 Å². The van der Waals surface area contributed by atoms with E-state index >= 15 is 0 Å². The van der Waals surface area contributed by atoms with Gasteiger partial charge >= 0.3 is 0 Å². The minimum absolute atomic E-state index is 0.0152. The summed E-state index contributed by atoms with van der Waals surface area (Å²) in [6.07, 6.45) is 3.38. The molecule has 0 radical (unpaired) electrons. The van der Waals surface area contributed by atoms with Gasteiger partial charge in [0, 0.05) is 24.4 Å². The average Bonchev–Trinajstić information content (AvgIpc) is 2.92. The molecule has 3 rings (SSSR count). The number of benzene rings is 3. The largest absolute Gasteiger partial charge is 0.493 e. The minimum Gasteiger partial charge on any atom is -0.493 e. The maximum atomic E-state index is 13.6.